The first-order chi connectivity index (χ1) is 40.3. The molecule has 20 N–H and O–H groups in total. The number of aliphatic hydroxyl groups is 20. The number of likely N-dealkylation sites (N-methyl/N-ethyl adjacent to an activating group) is 7. The summed E-state index contributed by atoms with van der Waals surface area (Å²) < 4.78 is 0. The van der Waals surface area contributed by atoms with E-state index in [2.05, 4.69) is 0 Å². The van der Waals surface area contributed by atoms with Crippen molar-refractivity contribution in [3.8, 4) is 0 Å². The number of carbonyl (C=O) groups is 7. The van der Waals surface area contributed by atoms with Gasteiger partial charge in [0.2, 0.25) is 41.4 Å². The molecule has 37 heteroatoms. The Bertz CT molecular complexity index is 1940. The highest BCUT2D eigenvalue weighted by atomic mass is 16.4. The number of rotatable bonds is 44. The number of amides is 7. The molecular weight excluding hydrogens is 1170 g/mol. The molecule has 0 aromatic carbocycles. The molecule has 0 bridgehead atoms. The Morgan fingerprint density at radius 3 is 0.609 bits per heavy atom. The van der Waals surface area contributed by atoms with E-state index in [4.69, 9.17) is 0 Å². The number of hydrogen-bond acceptors (Lipinski definition) is 30. The molecule has 0 spiro atoms. The zero-order valence-corrected chi connectivity index (χ0v) is 50.4. The predicted octanol–water partition coefficient (Wildman–Crippen LogP) is -16.5. The van der Waals surface area contributed by atoms with Crippen LogP contribution in [0, 0.1) is 0 Å². The molecule has 0 saturated heterocycles. The third kappa shape index (κ3) is 28.8. The largest absolute Gasteiger partial charge is 0.394 e. The lowest BCUT2D eigenvalue weighted by Crippen LogP contribution is -2.55. The topological polar surface area (TPSA) is 556 Å². The van der Waals surface area contributed by atoms with Crippen LogP contribution in [0.1, 0.15) is 0 Å². The van der Waals surface area contributed by atoms with Gasteiger partial charge in [-0.1, -0.05) is 0 Å². The Hall–Kier alpha value is -4.63. The molecule has 0 saturated carbocycles. The van der Waals surface area contributed by atoms with Gasteiger partial charge < -0.3 is 141 Å². The molecule has 0 heterocycles. The molecule has 0 aliphatic rings. The van der Waals surface area contributed by atoms with Crippen LogP contribution in [0.3, 0.4) is 0 Å². The third-order valence-electron chi connectivity index (χ3n) is 14.0. The van der Waals surface area contributed by atoms with Crippen molar-refractivity contribution in [3.05, 3.63) is 0 Å². The van der Waals surface area contributed by atoms with E-state index in [9.17, 15) is 136 Å². The third-order valence-corrected chi connectivity index (χ3v) is 14.0. The fraction of sp³-hybridized carbons (Fsp3) is 0.860. The first-order valence-corrected chi connectivity index (χ1v) is 27.5. The van der Waals surface area contributed by atoms with E-state index in [1.807, 2.05) is 0 Å². The quantitative estimate of drug-likeness (QED) is 0.0269. The number of aliphatic hydroxyl groups excluding tert-OH is 20. The maximum atomic E-state index is 14.4. The molecule has 37 nitrogen and oxygen atoms in total. The molecule has 0 unspecified atom stereocenters. The summed E-state index contributed by atoms with van der Waals surface area (Å²) in [6.07, 6.45) is -33.9. The maximum absolute atomic E-state index is 14.4. The van der Waals surface area contributed by atoms with Gasteiger partial charge in [-0.15, -0.1) is 0 Å². The average molecular weight is 1270 g/mol. The zero-order valence-electron chi connectivity index (χ0n) is 50.4. The summed E-state index contributed by atoms with van der Waals surface area (Å²) in [5.41, 5.74) is 0. The monoisotopic (exact) mass is 1270 g/mol. The van der Waals surface area contributed by atoms with Crippen molar-refractivity contribution in [3.63, 3.8) is 0 Å². The minimum Gasteiger partial charge on any atom is -0.394 e. The van der Waals surface area contributed by atoms with Crippen LogP contribution in [0.4, 0.5) is 0 Å². The van der Waals surface area contributed by atoms with Crippen LogP contribution >= 0.6 is 0 Å². The van der Waals surface area contributed by atoms with Gasteiger partial charge in [0.05, 0.1) is 96.7 Å². The number of nitrogens with zero attached hydrogens (tertiary/aromatic N) is 10. The van der Waals surface area contributed by atoms with Crippen molar-refractivity contribution in [2.75, 3.05) is 181 Å². The summed E-state index contributed by atoms with van der Waals surface area (Å²) in [6, 6.07) is 0. The Labute approximate surface area is 503 Å². The van der Waals surface area contributed by atoms with E-state index in [0.29, 0.717) is 0 Å². The maximum Gasteiger partial charge on any atom is 0.242 e. The van der Waals surface area contributed by atoms with Crippen molar-refractivity contribution in [1.82, 2.24) is 49.0 Å². The molecule has 0 fully saturated rings. The Balaban J connectivity index is 6.90. The molecule has 0 aliphatic heterocycles. The van der Waals surface area contributed by atoms with Crippen LogP contribution in [0.2, 0.25) is 0 Å². The summed E-state index contributed by atoms with van der Waals surface area (Å²) in [4.78, 5) is 103. The van der Waals surface area contributed by atoms with Gasteiger partial charge in [0, 0.05) is 94.6 Å². The molecule has 16 atom stereocenters. The molecule has 87 heavy (non-hydrogen) atoms. The minimum atomic E-state index is -2.23. The smallest absolute Gasteiger partial charge is 0.242 e. The van der Waals surface area contributed by atoms with Gasteiger partial charge in [-0.3, -0.25) is 43.4 Å². The normalized spacial score (nSPS) is 17.5. The zero-order chi connectivity index (χ0) is 67.5. The molecule has 0 radical (unpaired) electrons. The van der Waals surface area contributed by atoms with Crippen molar-refractivity contribution in [1.29, 1.82) is 0 Å². The van der Waals surface area contributed by atoms with Gasteiger partial charge in [0.15, 0.2) is 0 Å². The fourth-order valence-electron chi connectivity index (χ4n) is 7.98. The summed E-state index contributed by atoms with van der Waals surface area (Å²) >= 11 is 0. The van der Waals surface area contributed by atoms with E-state index >= 15 is 0 Å². The van der Waals surface area contributed by atoms with E-state index in [1.54, 1.807) is 19.0 Å². The molecular formula is C50H98N10O27. The number of hydrogen-bond donors (Lipinski definition) is 20. The highest BCUT2D eigenvalue weighted by Gasteiger charge is 2.38. The van der Waals surface area contributed by atoms with Gasteiger partial charge in [-0.25, -0.2) is 0 Å². The highest BCUT2D eigenvalue weighted by Crippen LogP contribution is 2.15. The summed E-state index contributed by atoms with van der Waals surface area (Å²) in [5.74, 6) is -4.97. The molecule has 0 aromatic heterocycles. The summed E-state index contributed by atoms with van der Waals surface area (Å²) in [7, 11) is 10.9. The SMILES string of the molecule is CN(C)CC(=O)N(C)CC(=O)N(C)CC(=O)N(C)CC(=O)N(C)CC(=O)N(C)CC(=O)N(C)CC(=O)N(CCN(C[C@H](O)[C@@H](O)[C@H](O)[C@H](O)CO)C[C@H](O)[C@@H](O)[C@H](O)[C@H](O)CO)CCN(C[C@H](O)[C@@H](O)[C@H](O)[C@H](O)CO)C[C@H](O)[C@@H](O)[C@H](O)[C@H](O)CO. The molecule has 510 valence electrons. The number of carbonyl (C=O) groups excluding carboxylic acids is 7. The van der Waals surface area contributed by atoms with E-state index in [1.165, 1.54) is 40.1 Å². The van der Waals surface area contributed by atoms with Crippen LogP contribution < -0.4 is 0 Å². The van der Waals surface area contributed by atoms with E-state index < -0.39 is 245 Å². The van der Waals surface area contributed by atoms with Gasteiger partial charge in [-0.2, -0.15) is 0 Å². The van der Waals surface area contributed by atoms with Crippen molar-refractivity contribution in [2.45, 2.75) is 97.7 Å². The van der Waals surface area contributed by atoms with Gasteiger partial charge in [0.1, 0.15) is 73.2 Å². The van der Waals surface area contributed by atoms with Gasteiger partial charge in [-0.05, 0) is 14.1 Å². The van der Waals surface area contributed by atoms with Crippen molar-refractivity contribution < 1.29 is 136 Å². The van der Waals surface area contributed by atoms with Crippen molar-refractivity contribution in [2.24, 2.45) is 0 Å². The summed E-state index contributed by atoms with van der Waals surface area (Å²) in [6.45, 7) is -13.4. The van der Waals surface area contributed by atoms with Gasteiger partial charge >= 0.3 is 0 Å². The van der Waals surface area contributed by atoms with Gasteiger partial charge in [0.25, 0.3) is 0 Å². The van der Waals surface area contributed by atoms with Crippen molar-refractivity contribution >= 4 is 41.4 Å². The highest BCUT2D eigenvalue weighted by molar-refractivity contribution is 5.92. The fourth-order valence-corrected chi connectivity index (χ4v) is 7.98. The van der Waals surface area contributed by atoms with Crippen LogP contribution in [-0.4, -0.2) is 471 Å². The minimum absolute atomic E-state index is 0.0431. The second-order valence-electron chi connectivity index (χ2n) is 21.8. The lowest BCUT2D eigenvalue weighted by atomic mass is 10.0. The van der Waals surface area contributed by atoms with Crippen LogP contribution in [-0.2, 0) is 33.6 Å². The molecule has 0 aliphatic carbocycles. The molecule has 0 aromatic rings. The lowest BCUT2D eigenvalue weighted by Gasteiger charge is -2.36. The second kappa shape index (κ2) is 40.9. The first kappa shape index (κ1) is 82.4. The average Bonchev–Trinajstić information content (AvgIpc) is 3.20. The Morgan fingerprint density at radius 2 is 0.425 bits per heavy atom. The Morgan fingerprint density at radius 1 is 0.253 bits per heavy atom. The molecule has 0 rings (SSSR count). The first-order valence-electron chi connectivity index (χ1n) is 27.5. The lowest BCUT2D eigenvalue weighted by molar-refractivity contribution is -0.146. The van der Waals surface area contributed by atoms with Crippen LogP contribution in [0.5, 0.6) is 0 Å². The Kier molecular flexibility index (Phi) is 38.7. The van der Waals surface area contributed by atoms with Crippen LogP contribution in [0.25, 0.3) is 0 Å². The van der Waals surface area contributed by atoms with Crippen LogP contribution in [0.15, 0.2) is 0 Å². The standard InChI is InChI=1S/C50H98N10O27/c1-51(2)17-36(73)52(3)18-37(74)53(4)19-38(75)54(5)20-39(76)55(6)21-40(77)56(7)22-41(78)57(8)23-42(79)60(11-9-58(13-28(65)43(80)47(84)32(69)24-61)14-29(66)44(81)48(85)33(70)25-62)12-10-59(15-30(67)45(82)49(86)34(71)26-63)16-31(68)46(83)50(87)35(72)27-64/h28-35,43-50,61-72,80-87H,9-27H2,1-8H3/t28-,29-,30-,31-,32+,33+,34+,35+,43+,44+,45+,46+,47+,48+,49+,50+/m0/s1. The van der Waals surface area contributed by atoms with E-state index in [0.717, 1.165) is 46.2 Å². The summed E-state index contributed by atoms with van der Waals surface area (Å²) in [5, 5.41) is 205. The van der Waals surface area contributed by atoms with E-state index in [-0.39, 0.29) is 19.0 Å². The predicted molar refractivity (Wildman–Crippen MR) is 298 cm³/mol. The molecule has 7 amide bonds. The second-order valence-corrected chi connectivity index (χ2v) is 21.8.